The lowest BCUT2D eigenvalue weighted by molar-refractivity contribution is -0.00862. The summed E-state index contributed by atoms with van der Waals surface area (Å²) in [6.45, 7) is 5.15. The Morgan fingerprint density at radius 3 is 2.90 bits per heavy atom. The highest BCUT2D eigenvalue weighted by Gasteiger charge is 2.31. The molecule has 1 fully saturated rings. The third kappa shape index (κ3) is 3.45. The summed E-state index contributed by atoms with van der Waals surface area (Å²) in [6, 6.07) is 1.30. The molecule has 0 saturated heterocycles. The Bertz CT molecular complexity index is 475. The maximum Gasteiger partial charge on any atom is 0.255 e. The Hall–Kier alpha value is -1.69. The van der Waals surface area contributed by atoms with Crippen LogP contribution in [0.3, 0.4) is 0 Å². The number of ether oxygens (including phenoxy) is 1. The van der Waals surface area contributed by atoms with Gasteiger partial charge in [-0.15, -0.1) is 0 Å². The van der Waals surface area contributed by atoms with Crippen molar-refractivity contribution in [3.05, 3.63) is 23.6 Å². The average molecular weight is 281 g/mol. The van der Waals surface area contributed by atoms with Crippen molar-refractivity contribution in [1.29, 1.82) is 0 Å². The Labute approximate surface area is 117 Å². The minimum atomic E-state index is -0.516. The van der Waals surface area contributed by atoms with Gasteiger partial charge in [0.2, 0.25) is 0 Å². The molecule has 0 aromatic carbocycles. The van der Waals surface area contributed by atoms with Crippen molar-refractivity contribution in [2.24, 2.45) is 0 Å². The summed E-state index contributed by atoms with van der Waals surface area (Å²) in [5, 5.41) is 5.84. The molecule has 110 valence electrons. The van der Waals surface area contributed by atoms with Crippen LogP contribution in [-0.4, -0.2) is 36.2 Å². The van der Waals surface area contributed by atoms with E-state index in [0.29, 0.717) is 19.0 Å². The second-order valence-corrected chi connectivity index (χ2v) is 4.80. The van der Waals surface area contributed by atoms with Crippen LogP contribution in [0.15, 0.2) is 12.3 Å². The van der Waals surface area contributed by atoms with Crippen LogP contribution in [0, 0.1) is 5.82 Å². The number of hydrogen-bond donors (Lipinski definition) is 2. The highest BCUT2D eigenvalue weighted by Crippen LogP contribution is 2.24. The molecule has 1 saturated carbocycles. The van der Waals surface area contributed by atoms with Gasteiger partial charge >= 0.3 is 0 Å². The minimum absolute atomic E-state index is 0.0943. The van der Waals surface area contributed by atoms with Crippen LogP contribution in [0.1, 0.15) is 37.0 Å². The van der Waals surface area contributed by atoms with E-state index in [1.54, 1.807) is 0 Å². The maximum absolute atomic E-state index is 13.3. The molecular weight excluding hydrogens is 261 g/mol. The van der Waals surface area contributed by atoms with E-state index in [4.69, 9.17) is 4.74 Å². The molecule has 0 unspecified atom stereocenters. The van der Waals surface area contributed by atoms with Gasteiger partial charge in [0.1, 0.15) is 11.6 Å². The largest absolute Gasteiger partial charge is 0.378 e. The van der Waals surface area contributed by atoms with Crippen molar-refractivity contribution in [2.75, 3.05) is 18.5 Å². The zero-order valence-electron chi connectivity index (χ0n) is 11.8. The molecule has 20 heavy (non-hydrogen) atoms. The summed E-state index contributed by atoms with van der Waals surface area (Å²) in [6.07, 6.45) is 2.94. The van der Waals surface area contributed by atoms with E-state index >= 15 is 0 Å². The number of carbonyl (C=O) groups is 1. The van der Waals surface area contributed by atoms with E-state index in [-0.39, 0.29) is 23.6 Å². The molecule has 0 aliphatic heterocycles. The van der Waals surface area contributed by atoms with Crippen LogP contribution in [0.25, 0.3) is 0 Å². The fourth-order valence-electron chi connectivity index (χ4n) is 2.24. The van der Waals surface area contributed by atoms with Crippen molar-refractivity contribution in [3.63, 3.8) is 0 Å². The van der Waals surface area contributed by atoms with Crippen molar-refractivity contribution in [2.45, 2.75) is 38.8 Å². The van der Waals surface area contributed by atoms with E-state index in [9.17, 15) is 9.18 Å². The molecule has 6 heteroatoms. The number of hydrogen-bond acceptors (Lipinski definition) is 4. The molecule has 2 N–H and O–H groups in total. The van der Waals surface area contributed by atoms with Crippen LogP contribution >= 0.6 is 0 Å². The van der Waals surface area contributed by atoms with Gasteiger partial charge in [-0.2, -0.15) is 0 Å². The molecule has 5 nitrogen and oxygen atoms in total. The molecular formula is C14H20FN3O2. The molecule has 0 radical (unpaired) electrons. The van der Waals surface area contributed by atoms with E-state index in [0.717, 1.165) is 19.0 Å². The van der Waals surface area contributed by atoms with E-state index in [1.165, 1.54) is 6.07 Å². The van der Waals surface area contributed by atoms with Gasteiger partial charge in [-0.25, -0.2) is 9.37 Å². The van der Waals surface area contributed by atoms with Gasteiger partial charge in [0, 0.05) is 19.2 Å². The Balaban J connectivity index is 1.97. The van der Waals surface area contributed by atoms with Crippen LogP contribution in [0.2, 0.25) is 0 Å². The highest BCUT2D eigenvalue weighted by atomic mass is 19.1. The van der Waals surface area contributed by atoms with Gasteiger partial charge in [-0.3, -0.25) is 4.79 Å². The van der Waals surface area contributed by atoms with Crippen molar-refractivity contribution in [1.82, 2.24) is 10.3 Å². The van der Waals surface area contributed by atoms with E-state index in [2.05, 4.69) is 15.6 Å². The number of nitrogens with zero attached hydrogens (tertiary/aromatic N) is 1. The molecule has 1 aliphatic carbocycles. The van der Waals surface area contributed by atoms with Gasteiger partial charge in [0.05, 0.1) is 17.9 Å². The van der Waals surface area contributed by atoms with Crippen molar-refractivity contribution < 1.29 is 13.9 Å². The summed E-state index contributed by atoms with van der Waals surface area (Å²) in [5.74, 6) is -0.405. The second kappa shape index (κ2) is 6.65. The number of nitrogens with one attached hydrogen (secondary N) is 2. The number of rotatable bonds is 6. The molecule has 1 amide bonds. The maximum atomic E-state index is 13.3. The van der Waals surface area contributed by atoms with Gasteiger partial charge < -0.3 is 15.4 Å². The molecule has 1 aliphatic rings. The van der Waals surface area contributed by atoms with Crippen LogP contribution in [0.4, 0.5) is 10.2 Å². The van der Waals surface area contributed by atoms with Gasteiger partial charge in [-0.1, -0.05) is 0 Å². The third-order valence-corrected chi connectivity index (χ3v) is 3.28. The fraction of sp³-hybridized carbons (Fsp3) is 0.571. The van der Waals surface area contributed by atoms with Gasteiger partial charge in [0.25, 0.3) is 5.91 Å². The first kappa shape index (κ1) is 14.7. The molecule has 0 atom stereocenters. The van der Waals surface area contributed by atoms with Crippen LogP contribution in [-0.2, 0) is 4.74 Å². The minimum Gasteiger partial charge on any atom is -0.378 e. The molecule has 2 rings (SSSR count). The Morgan fingerprint density at radius 1 is 1.50 bits per heavy atom. The van der Waals surface area contributed by atoms with Crippen molar-refractivity contribution >= 4 is 11.7 Å². The average Bonchev–Trinajstić information content (AvgIpc) is 2.38. The molecule has 1 aromatic rings. The highest BCUT2D eigenvalue weighted by molar-refractivity contribution is 5.98. The molecule has 0 spiro atoms. The zero-order valence-corrected chi connectivity index (χ0v) is 11.8. The summed E-state index contributed by atoms with van der Waals surface area (Å²) < 4.78 is 18.7. The predicted octanol–water partition coefficient (Wildman–Crippen LogP) is 1.95. The number of anilines is 1. The van der Waals surface area contributed by atoms with Crippen LogP contribution < -0.4 is 10.6 Å². The Morgan fingerprint density at radius 2 is 2.25 bits per heavy atom. The molecule has 1 heterocycles. The molecule has 0 bridgehead atoms. The number of carbonyl (C=O) groups excluding carboxylic acids is 1. The second-order valence-electron chi connectivity index (χ2n) is 4.80. The van der Waals surface area contributed by atoms with Crippen molar-refractivity contribution in [3.8, 4) is 0 Å². The monoisotopic (exact) mass is 281 g/mol. The quantitative estimate of drug-likeness (QED) is 0.836. The first-order valence-electron chi connectivity index (χ1n) is 6.95. The summed E-state index contributed by atoms with van der Waals surface area (Å²) in [7, 11) is 0. The van der Waals surface area contributed by atoms with E-state index < -0.39 is 5.82 Å². The lowest BCUT2D eigenvalue weighted by Gasteiger charge is -2.35. The third-order valence-electron chi connectivity index (χ3n) is 3.28. The lowest BCUT2D eigenvalue weighted by atomic mass is 9.89. The Kier molecular flexibility index (Phi) is 4.89. The number of aromatic nitrogens is 1. The first-order valence-corrected chi connectivity index (χ1v) is 6.95. The topological polar surface area (TPSA) is 63.2 Å². The predicted molar refractivity (Wildman–Crippen MR) is 74.3 cm³/mol. The SMILES string of the molecule is CCNc1ncc(F)cc1C(=O)NC1CC(OCC)C1. The molecule has 1 aromatic heterocycles. The number of pyridine rings is 1. The number of halogens is 1. The summed E-state index contributed by atoms with van der Waals surface area (Å²) in [4.78, 5) is 16.1. The number of amides is 1. The standard InChI is InChI=1S/C14H20FN3O2/c1-3-16-13-12(5-9(15)8-17-13)14(19)18-10-6-11(7-10)20-4-2/h5,8,10-11H,3-4,6-7H2,1-2H3,(H,16,17)(H,18,19). The normalized spacial score (nSPS) is 21.1. The van der Waals surface area contributed by atoms with Gasteiger partial charge in [-0.05, 0) is 32.8 Å². The van der Waals surface area contributed by atoms with Crippen LogP contribution in [0.5, 0.6) is 0 Å². The lowest BCUT2D eigenvalue weighted by Crippen LogP contribution is -2.48. The fourth-order valence-corrected chi connectivity index (χ4v) is 2.24. The van der Waals surface area contributed by atoms with Gasteiger partial charge in [0.15, 0.2) is 0 Å². The smallest absolute Gasteiger partial charge is 0.255 e. The summed E-state index contributed by atoms with van der Waals surface area (Å²) >= 11 is 0. The first-order chi connectivity index (χ1) is 9.63. The van der Waals surface area contributed by atoms with E-state index in [1.807, 2.05) is 13.8 Å². The zero-order chi connectivity index (χ0) is 14.5. The summed E-state index contributed by atoms with van der Waals surface area (Å²) in [5.41, 5.74) is 0.242.